The van der Waals surface area contributed by atoms with E-state index in [-0.39, 0.29) is 0 Å². The third-order valence-corrected chi connectivity index (χ3v) is 4.07. The van der Waals surface area contributed by atoms with Gasteiger partial charge in [-0.2, -0.15) is 11.3 Å². The summed E-state index contributed by atoms with van der Waals surface area (Å²) in [5.74, 6) is 0. The second-order valence-corrected chi connectivity index (χ2v) is 5.36. The predicted octanol–water partition coefficient (Wildman–Crippen LogP) is 1.60. The van der Waals surface area contributed by atoms with E-state index in [0.29, 0.717) is 6.10 Å². The quantitative estimate of drug-likeness (QED) is 0.748. The van der Waals surface area contributed by atoms with Gasteiger partial charge in [-0.1, -0.05) is 0 Å². The molecule has 0 amide bonds. The monoisotopic (exact) mass is 254 g/mol. The first-order chi connectivity index (χ1) is 8.38. The standard InChI is InChI=1S/C13H22N2OS/c1-16-13-3-7-15(10-13)8-6-14-5-2-12-4-9-17-11-12/h4,9,11,13-14H,2-3,5-8,10H2,1H3. The van der Waals surface area contributed by atoms with Crippen molar-refractivity contribution in [3.05, 3.63) is 22.4 Å². The Hall–Kier alpha value is -0.420. The molecule has 1 N–H and O–H groups in total. The molecule has 0 radical (unpaired) electrons. The second-order valence-electron chi connectivity index (χ2n) is 4.58. The number of rotatable bonds is 7. The van der Waals surface area contributed by atoms with Crippen molar-refractivity contribution < 1.29 is 4.74 Å². The van der Waals surface area contributed by atoms with Gasteiger partial charge in [0.05, 0.1) is 6.10 Å². The zero-order chi connectivity index (χ0) is 11.9. The molecule has 0 bridgehead atoms. The molecule has 0 aliphatic carbocycles. The highest BCUT2D eigenvalue weighted by molar-refractivity contribution is 7.07. The van der Waals surface area contributed by atoms with Gasteiger partial charge in [0.15, 0.2) is 0 Å². The predicted molar refractivity (Wildman–Crippen MR) is 72.7 cm³/mol. The molecule has 1 saturated heterocycles. The average Bonchev–Trinajstić information content (AvgIpc) is 2.99. The lowest BCUT2D eigenvalue weighted by Gasteiger charge is -2.15. The first-order valence-corrected chi connectivity index (χ1v) is 7.29. The Morgan fingerprint density at radius 2 is 2.47 bits per heavy atom. The zero-order valence-corrected chi connectivity index (χ0v) is 11.3. The van der Waals surface area contributed by atoms with Crippen LogP contribution in [0.25, 0.3) is 0 Å². The fraction of sp³-hybridized carbons (Fsp3) is 0.692. The van der Waals surface area contributed by atoms with E-state index in [2.05, 4.69) is 27.0 Å². The van der Waals surface area contributed by atoms with Gasteiger partial charge >= 0.3 is 0 Å². The molecule has 0 saturated carbocycles. The molecule has 1 atom stereocenters. The molecule has 0 spiro atoms. The minimum Gasteiger partial charge on any atom is -0.380 e. The van der Waals surface area contributed by atoms with Crippen molar-refractivity contribution in [1.82, 2.24) is 10.2 Å². The maximum absolute atomic E-state index is 5.36. The average molecular weight is 254 g/mol. The lowest BCUT2D eigenvalue weighted by Crippen LogP contribution is -2.32. The van der Waals surface area contributed by atoms with Crippen molar-refractivity contribution in [2.75, 3.05) is 39.8 Å². The highest BCUT2D eigenvalue weighted by Gasteiger charge is 2.20. The van der Waals surface area contributed by atoms with Crippen LogP contribution in [0.1, 0.15) is 12.0 Å². The van der Waals surface area contributed by atoms with Crippen LogP contribution in [0.3, 0.4) is 0 Å². The highest BCUT2D eigenvalue weighted by atomic mass is 32.1. The Morgan fingerprint density at radius 3 is 3.18 bits per heavy atom. The van der Waals surface area contributed by atoms with Gasteiger partial charge in [0, 0.05) is 33.3 Å². The third-order valence-electron chi connectivity index (χ3n) is 3.34. The number of ether oxygens (including phenoxy) is 1. The maximum atomic E-state index is 5.36. The number of hydrogen-bond acceptors (Lipinski definition) is 4. The minimum atomic E-state index is 0.459. The Morgan fingerprint density at radius 1 is 1.53 bits per heavy atom. The number of hydrogen-bond donors (Lipinski definition) is 1. The van der Waals surface area contributed by atoms with Crippen molar-refractivity contribution >= 4 is 11.3 Å². The van der Waals surface area contributed by atoms with Crippen LogP contribution in [-0.2, 0) is 11.2 Å². The molecule has 1 aliphatic rings. The highest BCUT2D eigenvalue weighted by Crippen LogP contribution is 2.10. The van der Waals surface area contributed by atoms with Crippen LogP contribution in [-0.4, -0.2) is 50.8 Å². The molecule has 1 aliphatic heterocycles. The number of methoxy groups -OCH3 is 1. The Kier molecular flexibility index (Phi) is 5.45. The molecule has 1 aromatic heterocycles. The van der Waals surface area contributed by atoms with Crippen molar-refractivity contribution in [2.24, 2.45) is 0 Å². The van der Waals surface area contributed by atoms with Gasteiger partial charge in [-0.25, -0.2) is 0 Å². The van der Waals surface area contributed by atoms with Gasteiger partial charge in [-0.3, -0.25) is 4.90 Å². The second kappa shape index (κ2) is 7.11. The summed E-state index contributed by atoms with van der Waals surface area (Å²) < 4.78 is 5.36. The van der Waals surface area contributed by atoms with Crippen LogP contribution in [0.2, 0.25) is 0 Å². The van der Waals surface area contributed by atoms with Crippen molar-refractivity contribution in [3.8, 4) is 0 Å². The molecular weight excluding hydrogens is 232 g/mol. The number of likely N-dealkylation sites (tertiary alicyclic amines) is 1. The molecule has 4 heteroatoms. The summed E-state index contributed by atoms with van der Waals surface area (Å²) in [6.07, 6.45) is 2.79. The van der Waals surface area contributed by atoms with Gasteiger partial charge in [-0.05, 0) is 41.8 Å². The summed E-state index contributed by atoms with van der Waals surface area (Å²) in [6, 6.07) is 2.20. The van der Waals surface area contributed by atoms with Crippen LogP contribution >= 0.6 is 11.3 Å². The topological polar surface area (TPSA) is 24.5 Å². The Labute approximate surface area is 108 Å². The summed E-state index contributed by atoms with van der Waals surface area (Å²) in [6.45, 7) is 5.59. The van der Waals surface area contributed by atoms with E-state index < -0.39 is 0 Å². The van der Waals surface area contributed by atoms with Gasteiger partial charge in [0.2, 0.25) is 0 Å². The summed E-state index contributed by atoms with van der Waals surface area (Å²) in [5, 5.41) is 7.88. The number of nitrogens with zero attached hydrogens (tertiary/aromatic N) is 1. The summed E-state index contributed by atoms with van der Waals surface area (Å²) in [4.78, 5) is 2.48. The maximum Gasteiger partial charge on any atom is 0.0710 e. The lowest BCUT2D eigenvalue weighted by atomic mass is 10.2. The normalized spacial score (nSPS) is 21.1. The molecule has 2 heterocycles. The number of nitrogens with one attached hydrogen (secondary N) is 1. The van der Waals surface area contributed by atoms with Crippen molar-refractivity contribution in [1.29, 1.82) is 0 Å². The minimum absolute atomic E-state index is 0.459. The molecule has 1 fully saturated rings. The molecule has 0 aromatic carbocycles. The smallest absolute Gasteiger partial charge is 0.0710 e. The molecule has 96 valence electrons. The van der Waals surface area contributed by atoms with E-state index in [4.69, 9.17) is 4.74 Å². The first kappa shape index (κ1) is 13.0. The molecular formula is C13H22N2OS. The largest absolute Gasteiger partial charge is 0.380 e. The van der Waals surface area contributed by atoms with E-state index in [0.717, 1.165) is 32.6 Å². The molecule has 2 rings (SSSR count). The van der Waals surface area contributed by atoms with Gasteiger partial charge in [-0.15, -0.1) is 0 Å². The van der Waals surface area contributed by atoms with Crippen LogP contribution in [0, 0.1) is 0 Å². The van der Waals surface area contributed by atoms with Crippen LogP contribution in [0.5, 0.6) is 0 Å². The number of thiophene rings is 1. The zero-order valence-electron chi connectivity index (χ0n) is 10.5. The van der Waals surface area contributed by atoms with Crippen molar-refractivity contribution in [2.45, 2.75) is 18.9 Å². The molecule has 1 unspecified atom stereocenters. The van der Waals surface area contributed by atoms with E-state index in [1.54, 1.807) is 11.3 Å². The fourth-order valence-electron chi connectivity index (χ4n) is 2.22. The van der Waals surface area contributed by atoms with Gasteiger partial charge < -0.3 is 10.1 Å². The Balaban J connectivity index is 1.49. The summed E-state index contributed by atoms with van der Waals surface area (Å²) in [7, 11) is 1.81. The van der Waals surface area contributed by atoms with E-state index in [1.807, 2.05) is 7.11 Å². The molecule has 1 aromatic rings. The third kappa shape index (κ3) is 4.39. The summed E-state index contributed by atoms with van der Waals surface area (Å²) >= 11 is 1.78. The van der Waals surface area contributed by atoms with E-state index >= 15 is 0 Å². The van der Waals surface area contributed by atoms with Crippen LogP contribution in [0.4, 0.5) is 0 Å². The first-order valence-electron chi connectivity index (χ1n) is 6.35. The van der Waals surface area contributed by atoms with Gasteiger partial charge in [0.25, 0.3) is 0 Å². The van der Waals surface area contributed by atoms with E-state index in [9.17, 15) is 0 Å². The lowest BCUT2D eigenvalue weighted by molar-refractivity contribution is 0.108. The van der Waals surface area contributed by atoms with Crippen LogP contribution < -0.4 is 5.32 Å². The SMILES string of the molecule is COC1CCN(CCNCCc2ccsc2)C1. The van der Waals surface area contributed by atoms with Crippen molar-refractivity contribution in [3.63, 3.8) is 0 Å². The summed E-state index contributed by atoms with van der Waals surface area (Å²) in [5.41, 5.74) is 1.45. The Bertz CT molecular complexity index is 302. The van der Waals surface area contributed by atoms with E-state index in [1.165, 1.54) is 18.5 Å². The van der Waals surface area contributed by atoms with Gasteiger partial charge in [0.1, 0.15) is 0 Å². The van der Waals surface area contributed by atoms with Crippen LogP contribution in [0.15, 0.2) is 16.8 Å². The molecule has 17 heavy (non-hydrogen) atoms. The fourth-order valence-corrected chi connectivity index (χ4v) is 2.93. The molecule has 3 nitrogen and oxygen atoms in total.